The molecular weight excluding hydrogens is 424 g/mol. The highest BCUT2D eigenvalue weighted by atomic mass is 32.2. The number of ether oxygens (including phenoxy) is 1. The number of nitrogens with one attached hydrogen (secondary N) is 1. The Labute approximate surface area is 183 Å². The third-order valence-electron chi connectivity index (χ3n) is 5.39. The molecule has 0 spiro atoms. The maximum atomic E-state index is 12.5. The first-order chi connectivity index (χ1) is 14.4. The second-order valence-electron chi connectivity index (χ2n) is 7.28. The molecule has 4 rings (SSSR count). The van der Waals surface area contributed by atoms with E-state index < -0.39 is 18.0 Å². The molecule has 2 aliphatic rings. The van der Waals surface area contributed by atoms with Crippen molar-refractivity contribution in [2.75, 3.05) is 19.0 Å². The largest absolute Gasteiger partial charge is 0.464 e. The molecule has 3 N–H and O–H groups in total. The van der Waals surface area contributed by atoms with Crippen molar-refractivity contribution in [3.63, 3.8) is 0 Å². The number of benzene rings is 2. The van der Waals surface area contributed by atoms with Crippen LogP contribution in [0.4, 0.5) is 5.69 Å². The number of aliphatic hydroxyl groups excluding tert-OH is 2. The van der Waals surface area contributed by atoms with E-state index in [4.69, 9.17) is 4.74 Å². The fourth-order valence-corrected chi connectivity index (χ4v) is 5.82. The molecule has 3 atom stereocenters. The summed E-state index contributed by atoms with van der Waals surface area (Å²) in [5.74, 6) is -1.40. The average Bonchev–Trinajstić information content (AvgIpc) is 3.04. The first-order valence-corrected chi connectivity index (χ1v) is 10.8. The smallest absolute Gasteiger partial charge is 0.355 e. The lowest BCUT2D eigenvalue weighted by atomic mass is 9.92. The van der Waals surface area contributed by atoms with Gasteiger partial charge in [0, 0.05) is 27.4 Å². The fraction of sp³-hybridized carbons (Fsp3) is 0.333. The van der Waals surface area contributed by atoms with Crippen LogP contribution in [0.5, 0.6) is 0 Å². The molecule has 3 unspecified atom stereocenters. The number of hydrogen-bond acceptors (Lipinski definition) is 8. The van der Waals surface area contributed by atoms with E-state index in [1.165, 1.54) is 23.8 Å². The zero-order valence-electron chi connectivity index (χ0n) is 16.5. The summed E-state index contributed by atoms with van der Waals surface area (Å²) in [4.78, 5) is 27.8. The van der Waals surface area contributed by atoms with Crippen molar-refractivity contribution in [2.45, 2.75) is 29.9 Å². The molecule has 1 amide bonds. The van der Waals surface area contributed by atoms with Crippen LogP contribution in [0.1, 0.15) is 12.5 Å². The van der Waals surface area contributed by atoms with Crippen LogP contribution in [-0.4, -0.2) is 52.1 Å². The van der Waals surface area contributed by atoms with E-state index >= 15 is 0 Å². The summed E-state index contributed by atoms with van der Waals surface area (Å²) in [6.07, 6.45) is -0.797. The van der Waals surface area contributed by atoms with Gasteiger partial charge in [0.2, 0.25) is 5.91 Å². The summed E-state index contributed by atoms with van der Waals surface area (Å²) in [6, 6.07) is 9.48. The van der Waals surface area contributed by atoms with Gasteiger partial charge in [-0.2, -0.15) is 0 Å². The normalized spacial score (nSPS) is 21.5. The summed E-state index contributed by atoms with van der Waals surface area (Å²) >= 11 is 5.95. The summed E-state index contributed by atoms with van der Waals surface area (Å²) < 4.78 is 4.90. The first-order valence-electron chi connectivity index (χ1n) is 9.46. The molecule has 2 heterocycles. The molecular formula is C21H22N2O5S2. The Morgan fingerprint density at radius 2 is 2.17 bits per heavy atom. The Hall–Kier alpha value is -2.20. The van der Waals surface area contributed by atoms with Gasteiger partial charge in [-0.1, -0.05) is 23.9 Å². The topological polar surface area (TPSA) is 99.1 Å². The zero-order valence-corrected chi connectivity index (χ0v) is 18.2. The number of carbonyl (C=O) groups excluding carboxylic acids is 2. The maximum Gasteiger partial charge on any atom is 0.355 e. The van der Waals surface area contributed by atoms with Gasteiger partial charge >= 0.3 is 5.97 Å². The quantitative estimate of drug-likeness (QED) is 0.307. The number of anilines is 1. The van der Waals surface area contributed by atoms with Crippen molar-refractivity contribution >= 4 is 52.7 Å². The minimum absolute atomic E-state index is 0.104. The molecule has 2 aromatic rings. The lowest BCUT2D eigenvalue weighted by Gasteiger charge is -2.43. The van der Waals surface area contributed by atoms with Gasteiger partial charge in [-0.3, -0.25) is 9.69 Å². The van der Waals surface area contributed by atoms with E-state index in [0.29, 0.717) is 4.91 Å². The number of nitrogens with zero attached hydrogens (tertiary/aromatic N) is 1. The molecule has 0 aromatic heterocycles. The molecule has 2 aliphatic heterocycles. The molecule has 1 fully saturated rings. The summed E-state index contributed by atoms with van der Waals surface area (Å²) in [7, 11) is 1.28. The predicted molar refractivity (Wildman–Crippen MR) is 118 cm³/mol. The van der Waals surface area contributed by atoms with Crippen molar-refractivity contribution < 1.29 is 24.5 Å². The van der Waals surface area contributed by atoms with Gasteiger partial charge in [-0.25, -0.2) is 4.79 Å². The Morgan fingerprint density at radius 1 is 1.40 bits per heavy atom. The highest BCUT2D eigenvalue weighted by Gasteiger charge is 2.57. The van der Waals surface area contributed by atoms with Crippen LogP contribution < -0.4 is 5.32 Å². The number of fused-ring (bicyclic) bond motifs is 2. The van der Waals surface area contributed by atoms with Crippen molar-refractivity contribution in [2.24, 2.45) is 5.92 Å². The molecule has 30 heavy (non-hydrogen) atoms. The molecule has 158 valence electrons. The average molecular weight is 447 g/mol. The van der Waals surface area contributed by atoms with Crippen molar-refractivity contribution in [1.29, 1.82) is 0 Å². The van der Waals surface area contributed by atoms with Gasteiger partial charge < -0.3 is 20.3 Å². The van der Waals surface area contributed by atoms with E-state index in [2.05, 4.69) is 17.9 Å². The second-order valence-corrected chi connectivity index (χ2v) is 8.97. The number of carbonyl (C=O) groups is 2. The van der Waals surface area contributed by atoms with Crippen LogP contribution in [0.3, 0.4) is 0 Å². The van der Waals surface area contributed by atoms with E-state index in [1.807, 2.05) is 30.3 Å². The van der Waals surface area contributed by atoms with Crippen LogP contribution in [0, 0.1) is 5.92 Å². The lowest BCUT2D eigenvalue weighted by Crippen LogP contribution is -2.60. The maximum absolute atomic E-state index is 12.5. The molecule has 0 saturated carbocycles. The first kappa shape index (κ1) is 21.0. The van der Waals surface area contributed by atoms with Crippen LogP contribution in [-0.2, 0) is 20.9 Å². The summed E-state index contributed by atoms with van der Waals surface area (Å²) in [6.45, 7) is 1.76. The Bertz CT molecular complexity index is 1070. The van der Waals surface area contributed by atoms with Gasteiger partial charge in [0.1, 0.15) is 11.1 Å². The standard InChI is InChI=1S/C21H22N2O5S2/c1-10(25)16-19(26)23-18(21(27)28-2)15(30-20(16)23)8-22-13-7-11(9-24)6-12-4-3-5-14(29)17(12)13/h3-7,10,16,20,22,24-25,29H,8-9H2,1-2H3. The number of aliphatic hydroxyl groups is 2. The molecule has 0 bridgehead atoms. The van der Waals surface area contributed by atoms with Gasteiger partial charge in [-0.05, 0) is 36.1 Å². The third kappa shape index (κ3) is 3.35. The monoisotopic (exact) mass is 446 g/mol. The minimum atomic E-state index is -0.797. The Morgan fingerprint density at radius 3 is 2.83 bits per heavy atom. The Kier molecular flexibility index (Phi) is 5.71. The molecule has 1 saturated heterocycles. The number of methoxy groups -OCH3 is 1. The number of β-lactam (4-membered cyclic amide) rings is 1. The molecule has 9 heteroatoms. The molecule has 2 aromatic carbocycles. The van der Waals surface area contributed by atoms with Crippen LogP contribution in [0.15, 0.2) is 45.8 Å². The fourth-order valence-electron chi connectivity index (χ4n) is 3.94. The number of thiol groups is 1. The van der Waals surface area contributed by atoms with Crippen molar-refractivity contribution in [3.05, 3.63) is 46.5 Å². The lowest BCUT2D eigenvalue weighted by molar-refractivity contribution is -0.157. The minimum Gasteiger partial charge on any atom is -0.464 e. The van der Waals surface area contributed by atoms with Gasteiger partial charge in [0.05, 0.1) is 25.7 Å². The van der Waals surface area contributed by atoms with Crippen LogP contribution in [0.2, 0.25) is 0 Å². The van der Waals surface area contributed by atoms with E-state index in [1.54, 1.807) is 6.92 Å². The SMILES string of the molecule is COC(=O)C1=C(CNc2cc(CO)cc3cccc(S)c23)SC2C(C(C)O)C(=O)N12. The number of esters is 1. The van der Waals surface area contributed by atoms with Crippen molar-refractivity contribution in [3.8, 4) is 0 Å². The molecule has 0 aliphatic carbocycles. The summed E-state index contributed by atoms with van der Waals surface area (Å²) in [5, 5.41) is 24.4. The van der Waals surface area contributed by atoms with Crippen LogP contribution in [0.25, 0.3) is 10.8 Å². The van der Waals surface area contributed by atoms with Gasteiger partial charge in [0.15, 0.2) is 0 Å². The van der Waals surface area contributed by atoms with E-state index in [9.17, 15) is 19.8 Å². The van der Waals surface area contributed by atoms with Gasteiger partial charge in [0.25, 0.3) is 0 Å². The summed E-state index contributed by atoms with van der Waals surface area (Å²) in [5.41, 5.74) is 1.74. The highest BCUT2D eigenvalue weighted by molar-refractivity contribution is 8.04. The zero-order chi connectivity index (χ0) is 21.6. The third-order valence-corrected chi connectivity index (χ3v) is 7.13. The number of amides is 1. The highest BCUT2D eigenvalue weighted by Crippen LogP contribution is 2.50. The van der Waals surface area contributed by atoms with Crippen LogP contribution >= 0.6 is 24.4 Å². The number of rotatable bonds is 6. The number of thioether (sulfide) groups is 1. The number of hydrogen-bond donors (Lipinski definition) is 4. The molecule has 7 nitrogen and oxygen atoms in total. The molecule has 0 radical (unpaired) electrons. The Balaban J connectivity index is 1.67. The van der Waals surface area contributed by atoms with E-state index in [-0.39, 0.29) is 30.1 Å². The van der Waals surface area contributed by atoms with Crippen molar-refractivity contribution in [1.82, 2.24) is 4.90 Å². The second kappa shape index (κ2) is 8.14. The predicted octanol–water partition coefficient (Wildman–Crippen LogP) is 2.33. The van der Waals surface area contributed by atoms with Gasteiger partial charge in [-0.15, -0.1) is 12.6 Å². The van der Waals surface area contributed by atoms with E-state index in [0.717, 1.165) is 26.9 Å².